The number of amides is 1. The van der Waals surface area contributed by atoms with Gasteiger partial charge in [0, 0.05) is 48.8 Å². The van der Waals surface area contributed by atoms with E-state index < -0.39 is 0 Å². The quantitative estimate of drug-likeness (QED) is 0.871. The molecular weight excluding hydrogens is 358 g/mol. The van der Waals surface area contributed by atoms with Crippen molar-refractivity contribution in [3.63, 3.8) is 0 Å². The van der Waals surface area contributed by atoms with Crippen LogP contribution in [0.3, 0.4) is 0 Å². The average Bonchev–Trinajstić information content (AvgIpc) is 3.19. The Morgan fingerprint density at radius 2 is 1.93 bits per heavy atom. The monoisotopic (exact) mass is 385 g/mol. The summed E-state index contributed by atoms with van der Waals surface area (Å²) in [6.45, 7) is 6.18. The zero-order valence-corrected chi connectivity index (χ0v) is 16.7. The molecule has 2 aliphatic heterocycles. The molecule has 144 valence electrons. The molecule has 3 heterocycles. The molecule has 0 unspecified atom stereocenters. The van der Waals surface area contributed by atoms with Crippen molar-refractivity contribution >= 4 is 28.3 Å². The van der Waals surface area contributed by atoms with Gasteiger partial charge < -0.3 is 15.1 Å². The standard InChI is InChI=1S/C20H27N5OS/c1-15(26)21-17-7-5-6-16(14-17)19-22-20(27-23-19)25-12-8-18(9-13-25)24-10-3-2-4-11-24/h5-7,14,18H,2-4,8-13H2,1H3,(H,21,26). The van der Waals surface area contributed by atoms with Gasteiger partial charge in [0.1, 0.15) is 0 Å². The van der Waals surface area contributed by atoms with Crippen LogP contribution in [0.15, 0.2) is 24.3 Å². The Hall–Kier alpha value is -1.99. The minimum absolute atomic E-state index is 0.0735. The van der Waals surface area contributed by atoms with Gasteiger partial charge in [-0.2, -0.15) is 9.36 Å². The molecule has 6 nitrogen and oxygen atoms in total. The predicted octanol–water partition coefficient (Wildman–Crippen LogP) is 3.62. The Morgan fingerprint density at radius 1 is 1.15 bits per heavy atom. The van der Waals surface area contributed by atoms with Crippen LogP contribution in [0, 0.1) is 0 Å². The smallest absolute Gasteiger partial charge is 0.221 e. The van der Waals surface area contributed by atoms with Crippen LogP contribution in [0.25, 0.3) is 11.4 Å². The summed E-state index contributed by atoms with van der Waals surface area (Å²) in [6.07, 6.45) is 6.54. The van der Waals surface area contributed by atoms with E-state index in [9.17, 15) is 4.79 Å². The van der Waals surface area contributed by atoms with E-state index in [2.05, 4.69) is 19.5 Å². The van der Waals surface area contributed by atoms with Crippen molar-refractivity contribution < 1.29 is 4.79 Å². The highest BCUT2D eigenvalue weighted by atomic mass is 32.1. The fourth-order valence-corrected chi connectivity index (χ4v) is 4.85. The number of carbonyl (C=O) groups is 1. The van der Waals surface area contributed by atoms with Crippen molar-refractivity contribution in [2.45, 2.75) is 45.1 Å². The second kappa shape index (κ2) is 8.35. The van der Waals surface area contributed by atoms with Gasteiger partial charge in [0.2, 0.25) is 11.0 Å². The molecule has 1 aromatic carbocycles. The zero-order valence-electron chi connectivity index (χ0n) is 15.9. The summed E-state index contributed by atoms with van der Waals surface area (Å²) in [4.78, 5) is 21.1. The molecule has 2 aliphatic rings. The van der Waals surface area contributed by atoms with Crippen LogP contribution >= 0.6 is 11.5 Å². The normalized spacial score (nSPS) is 19.2. The molecule has 1 N–H and O–H groups in total. The maximum Gasteiger partial charge on any atom is 0.221 e. The van der Waals surface area contributed by atoms with E-state index in [1.54, 1.807) is 0 Å². The molecule has 7 heteroatoms. The molecule has 0 radical (unpaired) electrons. The van der Waals surface area contributed by atoms with Crippen LogP contribution in [-0.2, 0) is 4.79 Å². The fourth-order valence-electron chi connectivity index (χ4n) is 4.11. The third-order valence-electron chi connectivity index (χ3n) is 5.50. The van der Waals surface area contributed by atoms with Crippen LogP contribution in [0.4, 0.5) is 10.8 Å². The lowest BCUT2D eigenvalue weighted by atomic mass is 10.0. The summed E-state index contributed by atoms with van der Waals surface area (Å²) >= 11 is 1.47. The van der Waals surface area contributed by atoms with Crippen LogP contribution in [0.1, 0.15) is 39.0 Å². The van der Waals surface area contributed by atoms with E-state index >= 15 is 0 Å². The van der Waals surface area contributed by atoms with E-state index in [0.29, 0.717) is 0 Å². The lowest BCUT2D eigenvalue weighted by molar-refractivity contribution is -0.114. The zero-order chi connectivity index (χ0) is 18.6. The number of nitrogens with one attached hydrogen (secondary N) is 1. The van der Waals surface area contributed by atoms with Gasteiger partial charge in [0.05, 0.1) is 0 Å². The Balaban J connectivity index is 1.39. The Morgan fingerprint density at radius 3 is 2.67 bits per heavy atom. The van der Waals surface area contributed by atoms with E-state index in [0.717, 1.165) is 41.3 Å². The number of carbonyl (C=O) groups excluding carboxylic acids is 1. The highest BCUT2D eigenvalue weighted by Gasteiger charge is 2.27. The van der Waals surface area contributed by atoms with Gasteiger partial charge in [-0.25, -0.2) is 0 Å². The summed E-state index contributed by atoms with van der Waals surface area (Å²) in [5.74, 6) is 0.663. The minimum atomic E-state index is -0.0735. The SMILES string of the molecule is CC(=O)Nc1cccc(-c2nsc(N3CCC(N4CCCCC4)CC3)n2)c1. The summed E-state index contributed by atoms with van der Waals surface area (Å²) < 4.78 is 4.56. The molecule has 27 heavy (non-hydrogen) atoms. The molecule has 0 saturated carbocycles. The number of hydrogen-bond donors (Lipinski definition) is 1. The van der Waals surface area contributed by atoms with Crippen molar-refractivity contribution in [3.05, 3.63) is 24.3 Å². The van der Waals surface area contributed by atoms with Crippen LogP contribution < -0.4 is 10.2 Å². The van der Waals surface area contributed by atoms with Crippen molar-refractivity contribution in [1.29, 1.82) is 0 Å². The molecule has 1 aromatic heterocycles. The number of rotatable bonds is 4. The van der Waals surface area contributed by atoms with Gasteiger partial charge in [0.15, 0.2) is 5.82 Å². The summed E-state index contributed by atoms with van der Waals surface area (Å²) in [6, 6.07) is 8.45. The number of anilines is 2. The molecular formula is C20H27N5OS. The molecule has 0 atom stereocenters. The first-order valence-corrected chi connectivity index (χ1v) is 10.7. The molecule has 0 spiro atoms. The van der Waals surface area contributed by atoms with E-state index in [1.165, 1.54) is 63.6 Å². The number of hydrogen-bond acceptors (Lipinski definition) is 6. The van der Waals surface area contributed by atoms with Crippen LogP contribution in [0.5, 0.6) is 0 Å². The summed E-state index contributed by atoms with van der Waals surface area (Å²) in [5.41, 5.74) is 1.71. The van der Waals surface area contributed by atoms with Gasteiger partial charge in [0.25, 0.3) is 0 Å². The van der Waals surface area contributed by atoms with Gasteiger partial charge in [-0.1, -0.05) is 18.6 Å². The molecule has 2 saturated heterocycles. The fraction of sp³-hybridized carbons (Fsp3) is 0.550. The summed E-state index contributed by atoms with van der Waals surface area (Å²) in [7, 11) is 0. The lowest BCUT2D eigenvalue weighted by Crippen LogP contribution is -2.46. The largest absolute Gasteiger partial charge is 0.347 e. The maximum atomic E-state index is 11.3. The van der Waals surface area contributed by atoms with Gasteiger partial charge in [-0.15, -0.1) is 0 Å². The van der Waals surface area contributed by atoms with E-state index in [1.807, 2.05) is 24.3 Å². The molecule has 2 fully saturated rings. The number of nitrogens with zero attached hydrogens (tertiary/aromatic N) is 4. The van der Waals surface area contributed by atoms with Crippen molar-refractivity contribution in [2.75, 3.05) is 36.4 Å². The average molecular weight is 386 g/mol. The van der Waals surface area contributed by atoms with E-state index in [-0.39, 0.29) is 5.91 Å². The van der Waals surface area contributed by atoms with Crippen molar-refractivity contribution in [1.82, 2.24) is 14.3 Å². The first-order chi connectivity index (χ1) is 13.2. The van der Waals surface area contributed by atoms with E-state index in [4.69, 9.17) is 4.98 Å². The predicted molar refractivity (Wildman–Crippen MR) is 110 cm³/mol. The minimum Gasteiger partial charge on any atom is -0.347 e. The van der Waals surface area contributed by atoms with Gasteiger partial charge >= 0.3 is 0 Å². The Bertz CT molecular complexity index is 778. The third kappa shape index (κ3) is 4.47. The summed E-state index contributed by atoms with van der Waals surface area (Å²) in [5, 5.41) is 3.82. The first-order valence-electron chi connectivity index (χ1n) is 9.90. The lowest BCUT2D eigenvalue weighted by Gasteiger charge is -2.40. The van der Waals surface area contributed by atoms with Crippen molar-refractivity contribution in [3.8, 4) is 11.4 Å². The van der Waals surface area contributed by atoms with Crippen LogP contribution in [0.2, 0.25) is 0 Å². The Labute approximate surface area is 164 Å². The van der Waals surface area contributed by atoms with Gasteiger partial charge in [-0.05, 0) is 50.9 Å². The molecule has 0 aliphatic carbocycles. The number of piperidine rings is 2. The molecule has 1 amide bonds. The second-order valence-electron chi connectivity index (χ2n) is 7.48. The third-order valence-corrected chi connectivity index (χ3v) is 6.28. The molecule has 0 bridgehead atoms. The highest BCUT2D eigenvalue weighted by molar-refractivity contribution is 7.09. The van der Waals surface area contributed by atoms with Gasteiger partial charge in [-0.3, -0.25) is 4.79 Å². The maximum absolute atomic E-state index is 11.3. The second-order valence-corrected chi connectivity index (χ2v) is 8.21. The van der Waals surface area contributed by atoms with Crippen molar-refractivity contribution in [2.24, 2.45) is 0 Å². The number of likely N-dealkylation sites (tertiary alicyclic amines) is 1. The number of benzene rings is 1. The first kappa shape index (κ1) is 18.4. The molecule has 2 aromatic rings. The topological polar surface area (TPSA) is 61.4 Å². The Kier molecular flexibility index (Phi) is 5.69. The number of aromatic nitrogens is 2. The molecule has 4 rings (SSSR count). The highest BCUT2D eigenvalue weighted by Crippen LogP contribution is 2.29. The van der Waals surface area contributed by atoms with Crippen LogP contribution in [-0.4, -0.2) is 52.4 Å².